The van der Waals surface area contributed by atoms with Gasteiger partial charge in [-0.25, -0.2) is 0 Å². The Bertz CT molecular complexity index is 381. The van der Waals surface area contributed by atoms with E-state index in [9.17, 15) is 4.79 Å². The molecule has 0 aromatic carbocycles. The van der Waals surface area contributed by atoms with Gasteiger partial charge >= 0.3 is 196 Å². The van der Waals surface area contributed by atoms with Crippen LogP contribution in [0, 0.1) is 0 Å². The predicted octanol–water partition coefficient (Wildman–Crippen LogP) is 9.95. The molecule has 0 saturated carbocycles. The molecule has 188 valence electrons. The van der Waals surface area contributed by atoms with Gasteiger partial charge in [0.05, 0.1) is 0 Å². The molecule has 0 atom stereocenters. The Kier molecular flexibility index (Phi) is 19.0. The zero-order valence-electron chi connectivity index (χ0n) is 22.0. The molecule has 0 aliphatic heterocycles. The van der Waals surface area contributed by atoms with Crippen LogP contribution in [0.4, 0.5) is 4.79 Å². The maximum atomic E-state index is 12.3. The molecular formula is C27H57O3P. The standard InChI is InChI=1S/C27H57O3P/c1-6-9-12-15-18-21-24-31(5,30-27(28)29-4,25-22-19-16-13-10-7-2)26-23-20-17-14-11-8-3/h6-26H2,1-5H3. The Labute approximate surface area is 195 Å². The molecule has 0 radical (unpaired) electrons. The van der Waals surface area contributed by atoms with Crippen molar-refractivity contribution in [3.8, 4) is 0 Å². The summed E-state index contributed by atoms with van der Waals surface area (Å²) in [5.74, 6) is 0. The van der Waals surface area contributed by atoms with Crippen molar-refractivity contribution in [3.05, 3.63) is 0 Å². The van der Waals surface area contributed by atoms with Crippen molar-refractivity contribution in [2.24, 2.45) is 0 Å². The molecule has 0 N–H and O–H groups in total. The van der Waals surface area contributed by atoms with Crippen molar-refractivity contribution in [3.63, 3.8) is 0 Å². The molecule has 0 spiro atoms. The van der Waals surface area contributed by atoms with Gasteiger partial charge in [-0.1, -0.05) is 0 Å². The van der Waals surface area contributed by atoms with Gasteiger partial charge in [0.2, 0.25) is 0 Å². The van der Waals surface area contributed by atoms with Crippen molar-refractivity contribution in [1.29, 1.82) is 0 Å². The van der Waals surface area contributed by atoms with Crippen molar-refractivity contribution in [2.75, 3.05) is 32.3 Å². The zero-order valence-corrected chi connectivity index (χ0v) is 22.9. The van der Waals surface area contributed by atoms with Gasteiger partial charge in [-0.15, -0.1) is 0 Å². The Morgan fingerprint density at radius 2 is 0.839 bits per heavy atom. The second-order valence-corrected chi connectivity index (χ2v) is 16.1. The fourth-order valence-electron chi connectivity index (χ4n) is 4.76. The number of methoxy groups -OCH3 is 1. The number of hydrogen-bond acceptors (Lipinski definition) is 3. The minimum atomic E-state index is -2.56. The summed E-state index contributed by atoms with van der Waals surface area (Å²) in [6.07, 6.45) is 26.0. The third-order valence-corrected chi connectivity index (χ3v) is 12.4. The van der Waals surface area contributed by atoms with Crippen molar-refractivity contribution < 1.29 is 14.1 Å². The van der Waals surface area contributed by atoms with Crippen LogP contribution in [-0.4, -0.2) is 38.4 Å². The Hall–Kier alpha value is -0.300. The summed E-state index contributed by atoms with van der Waals surface area (Å²) in [6, 6.07) is 0. The molecule has 0 unspecified atom stereocenters. The summed E-state index contributed by atoms with van der Waals surface area (Å²) in [6.45, 7) is 6.61. The van der Waals surface area contributed by atoms with E-state index >= 15 is 0 Å². The van der Waals surface area contributed by atoms with Gasteiger partial charge in [-0.3, -0.25) is 0 Å². The van der Waals surface area contributed by atoms with Crippen LogP contribution >= 0.6 is 6.83 Å². The number of carbonyl (C=O) groups excluding carboxylic acids is 1. The summed E-state index contributed by atoms with van der Waals surface area (Å²) < 4.78 is 11.3. The van der Waals surface area contributed by atoms with Crippen LogP contribution in [0.15, 0.2) is 0 Å². The third kappa shape index (κ3) is 16.0. The minimum absolute atomic E-state index is 0.442. The summed E-state index contributed by atoms with van der Waals surface area (Å²) in [4.78, 5) is 12.3. The van der Waals surface area contributed by atoms with Crippen molar-refractivity contribution >= 4 is 13.0 Å². The first kappa shape index (κ1) is 30.7. The Morgan fingerprint density at radius 1 is 0.548 bits per heavy atom. The van der Waals surface area contributed by atoms with Crippen LogP contribution in [0.3, 0.4) is 0 Å². The zero-order chi connectivity index (χ0) is 23.3. The number of ether oxygens (including phenoxy) is 1. The van der Waals surface area contributed by atoms with Gasteiger partial charge in [-0.2, -0.15) is 0 Å². The molecular weight excluding hydrogens is 403 g/mol. The Balaban J connectivity index is 5.00. The fraction of sp³-hybridized carbons (Fsp3) is 0.963. The second-order valence-electron chi connectivity index (χ2n) is 10.2. The van der Waals surface area contributed by atoms with Crippen LogP contribution in [0.25, 0.3) is 0 Å². The molecule has 31 heavy (non-hydrogen) atoms. The molecule has 0 aliphatic carbocycles. The average Bonchev–Trinajstić information content (AvgIpc) is 2.76. The van der Waals surface area contributed by atoms with Gasteiger partial charge < -0.3 is 0 Å². The quantitative estimate of drug-likeness (QED) is 0.0915. The predicted molar refractivity (Wildman–Crippen MR) is 141 cm³/mol. The first-order valence-corrected chi connectivity index (χ1v) is 16.9. The molecule has 0 amide bonds. The van der Waals surface area contributed by atoms with Crippen molar-refractivity contribution in [2.45, 2.75) is 136 Å². The summed E-state index contributed by atoms with van der Waals surface area (Å²) >= 11 is 0. The van der Waals surface area contributed by atoms with E-state index in [0.717, 1.165) is 18.5 Å². The van der Waals surface area contributed by atoms with E-state index in [1.807, 2.05) is 0 Å². The van der Waals surface area contributed by atoms with E-state index in [4.69, 9.17) is 9.26 Å². The van der Waals surface area contributed by atoms with Gasteiger partial charge in [0.1, 0.15) is 0 Å². The topological polar surface area (TPSA) is 35.5 Å². The Morgan fingerprint density at radius 3 is 1.13 bits per heavy atom. The molecule has 0 rings (SSSR count). The van der Waals surface area contributed by atoms with Crippen molar-refractivity contribution in [1.82, 2.24) is 0 Å². The van der Waals surface area contributed by atoms with Gasteiger partial charge in [0, 0.05) is 0 Å². The molecule has 0 aromatic heterocycles. The molecule has 3 nitrogen and oxygen atoms in total. The summed E-state index contributed by atoms with van der Waals surface area (Å²) in [5.41, 5.74) is 0. The van der Waals surface area contributed by atoms with Crippen LogP contribution in [0.2, 0.25) is 0 Å². The SMILES string of the molecule is CCCCCCCCP(C)(CCCCCCCC)(CCCCCCCC)OC(=O)OC. The van der Waals surface area contributed by atoms with E-state index < -0.39 is 13.0 Å². The van der Waals surface area contributed by atoms with Gasteiger partial charge in [0.25, 0.3) is 0 Å². The number of rotatable bonds is 22. The normalized spacial score (nSPS) is 13.0. The van der Waals surface area contributed by atoms with Gasteiger partial charge in [0.15, 0.2) is 0 Å². The molecule has 4 heteroatoms. The summed E-state index contributed by atoms with van der Waals surface area (Å²) in [5, 5.41) is 0. The maximum absolute atomic E-state index is 12.3. The number of unbranched alkanes of at least 4 members (excludes halogenated alkanes) is 15. The molecule has 0 bridgehead atoms. The van der Waals surface area contributed by atoms with E-state index in [2.05, 4.69) is 27.4 Å². The number of carbonyl (C=O) groups is 1. The van der Waals surface area contributed by atoms with Crippen LogP contribution in [0.1, 0.15) is 136 Å². The van der Waals surface area contributed by atoms with Crippen LogP contribution < -0.4 is 0 Å². The molecule has 0 saturated heterocycles. The van der Waals surface area contributed by atoms with E-state index in [-0.39, 0.29) is 0 Å². The molecule has 0 aromatic rings. The molecule has 0 fully saturated rings. The molecule has 0 heterocycles. The van der Waals surface area contributed by atoms with E-state index in [1.54, 1.807) is 0 Å². The van der Waals surface area contributed by atoms with Crippen LogP contribution in [-0.2, 0) is 9.26 Å². The fourth-order valence-corrected chi connectivity index (χ4v) is 9.59. The van der Waals surface area contributed by atoms with E-state index in [1.165, 1.54) is 123 Å². The first-order chi connectivity index (χ1) is 14.9. The van der Waals surface area contributed by atoms with Gasteiger partial charge in [-0.05, 0) is 0 Å². The molecule has 0 aliphatic rings. The van der Waals surface area contributed by atoms with Crippen LogP contribution in [0.5, 0.6) is 0 Å². The average molecular weight is 461 g/mol. The summed E-state index contributed by atoms with van der Waals surface area (Å²) in [7, 11) is 1.46. The van der Waals surface area contributed by atoms with E-state index in [0.29, 0.717) is 0 Å². The second kappa shape index (κ2) is 19.2. The monoisotopic (exact) mass is 460 g/mol. The first-order valence-electron chi connectivity index (χ1n) is 13.7. The number of hydrogen-bond donors (Lipinski definition) is 0. The third-order valence-electron chi connectivity index (χ3n) is 6.95.